The molecule has 0 aromatic heterocycles. The van der Waals surface area contributed by atoms with E-state index in [0.717, 1.165) is 18.4 Å². The van der Waals surface area contributed by atoms with E-state index in [0.29, 0.717) is 0 Å². The molecule has 4 heteroatoms. The summed E-state index contributed by atoms with van der Waals surface area (Å²) in [6.07, 6.45) is 1.54. The second-order valence-corrected chi connectivity index (χ2v) is 8.68. The van der Waals surface area contributed by atoms with Crippen molar-refractivity contribution in [1.82, 2.24) is 5.32 Å². The van der Waals surface area contributed by atoms with Crippen LogP contribution in [0.4, 0.5) is 0 Å². The topological polar surface area (TPSA) is 46.2 Å². The fourth-order valence-corrected chi connectivity index (χ4v) is 6.12. The highest BCUT2D eigenvalue weighted by molar-refractivity contribution is 9.10. The van der Waals surface area contributed by atoms with Crippen molar-refractivity contribution in [2.45, 2.75) is 51.4 Å². The lowest BCUT2D eigenvalue weighted by Gasteiger charge is -2.40. The molecule has 124 valence electrons. The molecule has 0 heterocycles. The molecular formula is C19H24BrNO2. The number of benzene rings is 1. The van der Waals surface area contributed by atoms with E-state index in [4.69, 9.17) is 0 Å². The molecule has 3 nitrogen and oxygen atoms in total. The maximum Gasteiger partial charge on any atom is 0.228 e. The molecule has 23 heavy (non-hydrogen) atoms. The Kier molecular flexibility index (Phi) is 3.75. The van der Waals surface area contributed by atoms with Gasteiger partial charge >= 0.3 is 0 Å². The zero-order valence-electron chi connectivity index (χ0n) is 14.2. The number of nitrogens with one attached hydrogen (secondary N) is 1. The van der Waals surface area contributed by atoms with Gasteiger partial charge in [0.2, 0.25) is 5.91 Å². The summed E-state index contributed by atoms with van der Waals surface area (Å²) in [5, 5.41) is 3.16. The summed E-state index contributed by atoms with van der Waals surface area (Å²) in [6.45, 7) is 8.16. The van der Waals surface area contributed by atoms with E-state index in [1.54, 1.807) is 0 Å². The minimum Gasteiger partial charge on any atom is -0.349 e. The number of carbonyl (C=O) groups excluding carboxylic acids is 2. The Hall–Kier alpha value is -1.16. The van der Waals surface area contributed by atoms with Crippen LogP contribution in [-0.2, 0) is 9.59 Å². The first-order valence-corrected chi connectivity index (χ1v) is 9.14. The Morgan fingerprint density at radius 1 is 1.22 bits per heavy atom. The number of halogens is 1. The standard InChI is InChI=1S/C19H24BrNO2/c1-12(13-8-6-5-7-9-13)21-16(23)19-11-10-18(4,17(19,2)3)15(22)14(19)20/h5-9,12,14H,10-11H2,1-4H3,(H,21,23). The molecule has 0 spiro atoms. The first-order valence-electron chi connectivity index (χ1n) is 8.23. The van der Waals surface area contributed by atoms with Crippen molar-refractivity contribution >= 4 is 27.6 Å². The molecule has 4 atom stereocenters. The molecule has 3 rings (SSSR count). The van der Waals surface area contributed by atoms with E-state index in [9.17, 15) is 9.59 Å². The van der Waals surface area contributed by atoms with Gasteiger partial charge in [-0.15, -0.1) is 0 Å². The molecule has 4 unspecified atom stereocenters. The van der Waals surface area contributed by atoms with Gasteiger partial charge in [0, 0.05) is 5.41 Å². The van der Waals surface area contributed by atoms with Gasteiger partial charge in [-0.05, 0) is 30.7 Å². The zero-order valence-corrected chi connectivity index (χ0v) is 15.7. The number of hydrogen-bond acceptors (Lipinski definition) is 2. The van der Waals surface area contributed by atoms with Gasteiger partial charge in [0.05, 0.1) is 16.3 Å². The fraction of sp³-hybridized carbons (Fsp3) is 0.579. The van der Waals surface area contributed by atoms with Gasteiger partial charge < -0.3 is 5.32 Å². The molecule has 1 aromatic rings. The molecule has 2 aliphatic rings. The van der Waals surface area contributed by atoms with Crippen LogP contribution in [-0.4, -0.2) is 16.5 Å². The number of hydrogen-bond donors (Lipinski definition) is 1. The summed E-state index contributed by atoms with van der Waals surface area (Å²) in [5.74, 6) is 0.173. The van der Waals surface area contributed by atoms with Crippen LogP contribution in [0.15, 0.2) is 30.3 Å². The third-order valence-electron chi connectivity index (χ3n) is 6.77. The molecular weight excluding hydrogens is 354 g/mol. The fourth-order valence-electron chi connectivity index (χ4n) is 4.61. The van der Waals surface area contributed by atoms with Crippen LogP contribution in [0.1, 0.15) is 52.1 Å². The number of carbonyl (C=O) groups is 2. The van der Waals surface area contributed by atoms with Gasteiger partial charge in [0.15, 0.2) is 5.78 Å². The number of ketones is 1. The molecule has 2 saturated carbocycles. The van der Waals surface area contributed by atoms with Crippen LogP contribution in [0.3, 0.4) is 0 Å². The summed E-state index contributed by atoms with van der Waals surface area (Å²) >= 11 is 3.57. The Bertz CT molecular complexity index is 657. The highest BCUT2D eigenvalue weighted by Crippen LogP contribution is 2.72. The van der Waals surface area contributed by atoms with Crippen molar-refractivity contribution in [3.63, 3.8) is 0 Å². The van der Waals surface area contributed by atoms with Gasteiger partial charge in [-0.25, -0.2) is 0 Å². The second-order valence-electron chi connectivity index (χ2n) is 7.76. The molecule has 0 radical (unpaired) electrons. The molecule has 2 aliphatic carbocycles. The van der Waals surface area contributed by atoms with Crippen molar-refractivity contribution in [3.8, 4) is 0 Å². The normalized spacial score (nSPS) is 36.0. The van der Waals surface area contributed by atoms with Crippen LogP contribution in [0.25, 0.3) is 0 Å². The molecule has 1 N–H and O–H groups in total. The Labute approximate surface area is 146 Å². The third-order valence-corrected chi connectivity index (χ3v) is 7.97. The summed E-state index contributed by atoms with van der Waals surface area (Å²) in [4.78, 5) is 25.6. The van der Waals surface area contributed by atoms with Crippen molar-refractivity contribution in [2.24, 2.45) is 16.2 Å². The van der Waals surface area contributed by atoms with Gasteiger partial charge in [0.25, 0.3) is 0 Å². The van der Waals surface area contributed by atoms with E-state index >= 15 is 0 Å². The van der Waals surface area contributed by atoms with Crippen LogP contribution >= 0.6 is 15.9 Å². The summed E-state index contributed by atoms with van der Waals surface area (Å²) in [7, 11) is 0. The first kappa shape index (κ1) is 16.7. The number of amides is 1. The maximum atomic E-state index is 13.2. The average Bonchev–Trinajstić information content (AvgIpc) is 2.80. The summed E-state index contributed by atoms with van der Waals surface area (Å²) < 4.78 is 0. The summed E-state index contributed by atoms with van der Waals surface area (Å²) in [6, 6.07) is 9.86. The molecule has 0 aliphatic heterocycles. The van der Waals surface area contributed by atoms with E-state index < -0.39 is 15.7 Å². The molecule has 1 amide bonds. The van der Waals surface area contributed by atoms with Gasteiger partial charge in [-0.1, -0.05) is 67.0 Å². The minimum absolute atomic E-state index is 0.00435. The predicted molar refractivity (Wildman–Crippen MR) is 94.3 cm³/mol. The summed E-state index contributed by atoms with van der Waals surface area (Å²) in [5.41, 5.74) is -0.367. The minimum atomic E-state index is -0.665. The van der Waals surface area contributed by atoms with Crippen molar-refractivity contribution in [1.29, 1.82) is 0 Å². The van der Waals surface area contributed by atoms with E-state index in [1.807, 2.05) is 44.2 Å². The third kappa shape index (κ3) is 1.93. The van der Waals surface area contributed by atoms with Crippen LogP contribution in [0.5, 0.6) is 0 Å². The maximum absolute atomic E-state index is 13.2. The number of Topliss-reactive ketones (excluding diaryl/α,β-unsaturated/α-hetero) is 1. The monoisotopic (exact) mass is 377 g/mol. The van der Waals surface area contributed by atoms with Gasteiger partial charge in [-0.2, -0.15) is 0 Å². The molecule has 0 saturated heterocycles. The number of alkyl halides is 1. The lowest BCUT2D eigenvalue weighted by atomic mass is 9.64. The highest BCUT2D eigenvalue weighted by atomic mass is 79.9. The van der Waals surface area contributed by atoms with Crippen LogP contribution in [0.2, 0.25) is 0 Å². The lowest BCUT2D eigenvalue weighted by Crippen LogP contribution is -2.51. The number of rotatable bonds is 3. The lowest BCUT2D eigenvalue weighted by molar-refractivity contribution is -0.136. The second kappa shape index (κ2) is 5.17. The van der Waals surface area contributed by atoms with E-state index in [1.165, 1.54) is 0 Å². The van der Waals surface area contributed by atoms with E-state index in [2.05, 4.69) is 35.1 Å². The predicted octanol–water partition coefficient (Wildman–Crippen LogP) is 4.02. The van der Waals surface area contributed by atoms with Gasteiger partial charge in [0.1, 0.15) is 0 Å². The van der Waals surface area contributed by atoms with Crippen molar-refractivity contribution < 1.29 is 9.59 Å². The smallest absolute Gasteiger partial charge is 0.228 e. The van der Waals surface area contributed by atoms with Crippen LogP contribution in [0, 0.1) is 16.2 Å². The Morgan fingerprint density at radius 3 is 2.35 bits per heavy atom. The Balaban J connectivity index is 1.91. The quantitative estimate of drug-likeness (QED) is 0.808. The average molecular weight is 378 g/mol. The molecule has 2 bridgehead atoms. The van der Waals surface area contributed by atoms with Gasteiger partial charge in [-0.3, -0.25) is 9.59 Å². The highest BCUT2D eigenvalue weighted by Gasteiger charge is 2.76. The van der Waals surface area contributed by atoms with E-state index in [-0.39, 0.29) is 23.1 Å². The first-order chi connectivity index (χ1) is 10.7. The zero-order chi connectivity index (χ0) is 17.0. The largest absolute Gasteiger partial charge is 0.349 e. The molecule has 2 fully saturated rings. The van der Waals surface area contributed by atoms with Crippen molar-refractivity contribution in [3.05, 3.63) is 35.9 Å². The van der Waals surface area contributed by atoms with Crippen LogP contribution < -0.4 is 5.32 Å². The number of fused-ring (bicyclic) bond motifs is 2. The van der Waals surface area contributed by atoms with Crippen molar-refractivity contribution in [2.75, 3.05) is 0 Å². The Morgan fingerprint density at radius 2 is 1.83 bits per heavy atom. The molecule has 1 aromatic carbocycles. The SMILES string of the molecule is CC(NC(=O)C12CCC(C)(C(=O)C1Br)C2(C)C)c1ccccc1.